The first kappa shape index (κ1) is 14.3. The van der Waals surface area contributed by atoms with E-state index >= 15 is 0 Å². The zero-order valence-electron chi connectivity index (χ0n) is 12.1. The predicted molar refractivity (Wildman–Crippen MR) is 85.0 cm³/mol. The van der Waals surface area contributed by atoms with Crippen LogP contribution < -0.4 is 4.90 Å². The second-order valence-corrected chi connectivity index (χ2v) is 5.26. The number of ketones is 1. The van der Waals surface area contributed by atoms with Gasteiger partial charge in [-0.15, -0.1) is 0 Å². The quantitative estimate of drug-likeness (QED) is 0.694. The fourth-order valence-corrected chi connectivity index (χ4v) is 2.39. The first-order valence-electron chi connectivity index (χ1n) is 7.31. The molecule has 0 amide bonds. The van der Waals surface area contributed by atoms with E-state index in [1.54, 1.807) is 30.6 Å². The Kier molecular flexibility index (Phi) is 4.14. The second kappa shape index (κ2) is 6.39. The average molecular weight is 295 g/mol. The maximum absolute atomic E-state index is 12.0. The van der Waals surface area contributed by atoms with Gasteiger partial charge in [-0.05, 0) is 49.3 Å². The topological polar surface area (TPSA) is 66.3 Å². The minimum absolute atomic E-state index is 0.122. The van der Waals surface area contributed by atoms with Crippen LogP contribution in [0.1, 0.15) is 28.8 Å². The molecule has 2 aromatic rings. The fourth-order valence-electron chi connectivity index (χ4n) is 2.39. The molecule has 112 valence electrons. The zero-order chi connectivity index (χ0) is 15.4. The lowest BCUT2D eigenvalue weighted by atomic mass is 10.1. The molecule has 5 nitrogen and oxygen atoms in total. The Balaban J connectivity index is 1.67. The summed E-state index contributed by atoms with van der Waals surface area (Å²) in [7, 11) is 0. The molecule has 1 N–H and O–H groups in total. The molecule has 0 spiro atoms. The molecule has 2 heterocycles. The van der Waals surface area contributed by atoms with Gasteiger partial charge in [-0.3, -0.25) is 4.79 Å². The van der Waals surface area contributed by atoms with Crippen LogP contribution in [0.2, 0.25) is 0 Å². The van der Waals surface area contributed by atoms with Crippen molar-refractivity contribution in [3.05, 3.63) is 53.9 Å². The van der Waals surface area contributed by atoms with Crippen molar-refractivity contribution in [1.29, 1.82) is 0 Å². The van der Waals surface area contributed by atoms with Crippen molar-refractivity contribution >= 4 is 17.8 Å². The first-order valence-corrected chi connectivity index (χ1v) is 7.31. The van der Waals surface area contributed by atoms with Gasteiger partial charge in [0.15, 0.2) is 5.78 Å². The van der Waals surface area contributed by atoms with E-state index in [-0.39, 0.29) is 11.5 Å². The predicted octanol–water partition coefficient (Wildman–Crippen LogP) is 2.68. The number of phenols is 1. The van der Waals surface area contributed by atoms with Crippen LogP contribution in [0.5, 0.6) is 5.75 Å². The van der Waals surface area contributed by atoms with Crippen LogP contribution in [0.3, 0.4) is 0 Å². The summed E-state index contributed by atoms with van der Waals surface area (Å²) in [5.74, 6) is 0.773. The van der Waals surface area contributed by atoms with Crippen LogP contribution in [0, 0.1) is 0 Å². The van der Waals surface area contributed by atoms with Crippen molar-refractivity contribution in [2.45, 2.75) is 12.8 Å². The molecule has 1 aliphatic rings. The Labute approximate surface area is 129 Å². The third-order valence-corrected chi connectivity index (χ3v) is 3.63. The van der Waals surface area contributed by atoms with Gasteiger partial charge >= 0.3 is 0 Å². The highest BCUT2D eigenvalue weighted by Crippen LogP contribution is 2.15. The molecule has 0 saturated carbocycles. The molecule has 1 aromatic heterocycles. The number of aromatic nitrogens is 2. The van der Waals surface area contributed by atoms with Crippen LogP contribution in [0.15, 0.2) is 42.7 Å². The van der Waals surface area contributed by atoms with Crippen LogP contribution in [-0.4, -0.2) is 33.9 Å². The lowest BCUT2D eigenvalue weighted by Crippen LogP contribution is -2.20. The van der Waals surface area contributed by atoms with Crippen molar-refractivity contribution in [3.63, 3.8) is 0 Å². The van der Waals surface area contributed by atoms with Gasteiger partial charge in [0.05, 0.1) is 0 Å². The van der Waals surface area contributed by atoms with E-state index < -0.39 is 0 Å². The molecule has 5 heteroatoms. The van der Waals surface area contributed by atoms with E-state index in [0.29, 0.717) is 5.56 Å². The summed E-state index contributed by atoms with van der Waals surface area (Å²) in [4.78, 5) is 22.8. The highest BCUT2D eigenvalue weighted by atomic mass is 16.3. The van der Waals surface area contributed by atoms with Crippen molar-refractivity contribution < 1.29 is 9.90 Å². The minimum atomic E-state index is -0.122. The Bertz CT molecular complexity index is 672. The fraction of sp³-hybridized carbons (Fsp3) is 0.235. The molecule has 1 saturated heterocycles. The van der Waals surface area contributed by atoms with Crippen molar-refractivity contribution in [2.24, 2.45) is 0 Å². The first-order chi connectivity index (χ1) is 10.7. The molecule has 0 radical (unpaired) electrons. The van der Waals surface area contributed by atoms with Gasteiger partial charge in [-0.2, -0.15) is 0 Å². The Hall–Kier alpha value is -2.69. The van der Waals surface area contributed by atoms with Crippen molar-refractivity contribution in [1.82, 2.24) is 9.97 Å². The molecule has 0 aliphatic carbocycles. The monoisotopic (exact) mass is 295 g/mol. The number of benzene rings is 1. The number of hydrogen-bond acceptors (Lipinski definition) is 5. The van der Waals surface area contributed by atoms with E-state index in [9.17, 15) is 9.90 Å². The Morgan fingerprint density at radius 3 is 2.36 bits per heavy atom. The highest BCUT2D eigenvalue weighted by molar-refractivity contribution is 6.06. The molecule has 1 aromatic carbocycles. The van der Waals surface area contributed by atoms with Gasteiger partial charge in [0, 0.05) is 36.6 Å². The van der Waals surface area contributed by atoms with Gasteiger partial charge in [0.1, 0.15) is 5.75 Å². The third-order valence-electron chi connectivity index (χ3n) is 3.63. The number of carbonyl (C=O) groups excluding carboxylic acids is 1. The second-order valence-electron chi connectivity index (χ2n) is 5.26. The number of allylic oxidation sites excluding steroid dienone is 1. The largest absolute Gasteiger partial charge is 0.508 e. The molecule has 0 atom stereocenters. The van der Waals surface area contributed by atoms with E-state index in [1.165, 1.54) is 31.1 Å². The van der Waals surface area contributed by atoms with E-state index in [4.69, 9.17) is 0 Å². The van der Waals surface area contributed by atoms with Crippen molar-refractivity contribution in [3.8, 4) is 5.75 Å². The van der Waals surface area contributed by atoms with Gasteiger partial charge in [0.2, 0.25) is 5.95 Å². The summed E-state index contributed by atoms with van der Waals surface area (Å²) < 4.78 is 0. The smallest absolute Gasteiger partial charge is 0.225 e. The molecule has 1 aliphatic heterocycles. The number of phenolic OH excluding ortho intramolecular Hbond substituents is 1. The normalized spacial score (nSPS) is 14.6. The van der Waals surface area contributed by atoms with Gasteiger partial charge < -0.3 is 10.0 Å². The highest BCUT2D eigenvalue weighted by Gasteiger charge is 2.14. The van der Waals surface area contributed by atoms with Gasteiger partial charge in [-0.1, -0.05) is 0 Å². The molecular formula is C17H17N3O2. The van der Waals surface area contributed by atoms with Crippen LogP contribution in [0.25, 0.3) is 6.08 Å². The minimum Gasteiger partial charge on any atom is -0.508 e. The number of anilines is 1. The summed E-state index contributed by atoms with van der Waals surface area (Å²) in [6.45, 7) is 2.02. The van der Waals surface area contributed by atoms with Gasteiger partial charge in [-0.25, -0.2) is 9.97 Å². The number of carbonyl (C=O) groups is 1. The maximum Gasteiger partial charge on any atom is 0.225 e. The van der Waals surface area contributed by atoms with E-state index in [2.05, 4.69) is 14.9 Å². The lowest BCUT2D eigenvalue weighted by Gasteiger charge is -2.14. The number of aromatic hydroxyl groups is 1. The van der Waals surface area contributed by atoms with Crippen LogP contribution in [0.4, 0.5) is 5.95 Å². The Morgan fingerprint density at radius 2 is 1.73 bits per heavy atom. The Morgan fingerprint density at radius 1 is 1.09 bits per heavy atom. The van der Waals surface area contributed by atoms with E-state index in [1.807, 2.05) is 0 Å². The number of hydrogen-bond donors (Lipinski definition) is 1. The van der Waals surface area contributed by atoms with Crippen LogP contribution in [-0.2, 0) is 0 Å². The molecule has 0 unspecified atom stereocenters. The molecule has 1 fully saturated rings. The van der Waals surface area contributed by atoms with Crippen LogP contribution >= 0.6 is 0 Å². The number of rotatable bonds is 4. The summed E-state index contributed by atoms with van der Waals surface area (Å²) in [6.07, 6.45) is 9.00. The van der Waals surface area contributed by atoms with Crippen molar-refractivity contribution in [2.75, 3.05) is 18.0 Å². The molecule has 3 rings (SSSR count). The summed E-state index contributed by atoms with van der Waals surface area (Å²) in [6, 6.07) is 6.17. The van der Waals surface area contributed by atoms with E-state index in [0.717, 1.165) is 24.6 Å². The van der Waals surface area contributed by atoms with Gasteiger partial charge in [0.25, 0.3) is 0 Å². The summed E-state index contributed by atoms with van der Waals surface area (Å²) in [5.41, 5.74) is 1.32. The molecule has 0 bridgehead atoms. The third kappa shape index (κ3) is 3.31. The standard InChI is InChI=1S/C17H17N3O2/c21-15-6-4-14(5-7-15)16(22)8-3-13-11-18-17(19-12-13)20-9-1-2-10-20/h3-8,11-12,21H,1-2,9-10H2/b8-3+. The summed E-state index contributed by atoms with van der Waals surface area (Å²) >= 11 is 0. The average Bonchev–Trinajstić information content (AvgIpc) is 3.08. The SMILES string of the molecule is O=C(/C=C/c1cnc(N2CCCC2)nc1)c1ccc(O)cc1. The maximum atomic E-state index is 12.0. The lowest BCUT2D eigenvalue weighted by molar-refractivity contribution is 0.104. The zero-order valence-corrected chi connectivity index (χ0v) is 12.1. The number of nitrogens with zero attached hydrogens (tertiary/aromatic N) is 3. The summed E-state index contributed by atoms with van der Waals surface area (Å²) in [5, 5.41) is 9.21. The molecule has 22 heavy (non-hydrogen) atoms. The molecular weight excluding hydrogens is 278 g/mol.